The Balaban J connectivity index is 1.51. The van der Waals surface area contributed by atoms with E-state index in [2.05, 4.69) is 27.8 Å². The summed E-state index contributed by atoms with van der Waals surface area (Å²) in [4.78, 5) is 39.2. The van der Waals surface area contributed by atoms with Gasteiger partial charge in [-0.05, 0) is 95.0 Å². The quantitative estimate of drug-likeness (QED) is 0.105. The molecule has 1 saturated heterocycles. The van der Waals surface area contributed by atoms with E-state index in [0.717, 1.165) is 16.9 Å². The van der Waals surface area contributed by atoms with Crippen molar-refractivity contribution < 1.29 is 33.3 Å². The number of nitrogens with zero attached hydrogens (tertiary/aromatic N) is 1. The number of carbonyl (C=O) groups is 3. The number of amides is 4. The molecule has 1 aliphatic rings. The largest absolute Gasteiger partial charge is 0.493 e. The van der Waals surface area contributed by atoms with Gasteiger partial charge in [-0.15, -0.1) is 6.58 Å². The molecule has 4 rings (SSSR count). The molecule has 0 saturated carbocycles. The van der Waals surface area contributed by atoms with Gasteiger partial charge in [0, 0.05) is 5.02 Å². The third kappa shape index (κ3) is 7.13. The molecule has 1 heterocycles. The number of halogens is 2. The fourth-order valence-corrected chi connectivity index (χ4v) is 4.84. The molecule has 0 atom stereocenters. The highest BCUT2D eigenvalue weighted by atomic mass is 79.9. The molecule has 0 aliphatic carbocycles. The van der Waals surface area contributed by atoms with E-state index in [1.165, 1.54) is 18.2 Å². The first-order valence-electron chi connectivity index (χ1n) is 12.9. The molecule has 0 radical (unpaired) electrons. The standard InChI is InChI=1S/C31H28BrClN2O7/c1-4-6-19-7-12-25(26(17-19)39-3)41-13-14-42-28-24(32)16-20(18-27(28)40-5-2)15-23-29(36)34-31(38)35(30(23)37)22-10-8-21(33)9-11-22/h4,7-12,15-18H,1,5-6,13-14H2,2-3H3,(H,34,36,38)/b23-15+. The third-order valence-electron chi connectivity index (χ3n) is 6.02. The number of nitrogens with one attached hydrogen (secondary N) is 1. The molecule has 0 bridgehead atoms. The van der Waals surface area contributed by atoms with Crippen LogP contribution in [-0.2, 0) is 16.0 Å². The Labute approximate surface area is 256 Å². The molecule has 42 heavy (non-hydrogen) atoms. The minimum absolute atomic E-state index is 0.190. The first-order valence-corrected chi connectivity index (χ1v) is 14.1. The van der Waals surface area contributed by atoms with Gasteiger partial charge in [0.25, 0.3) is 11.8 Å². The van der Waals surface area contributed by atoms with Gasteiger partial charge in [0.15, 0.2) is 23.0 Å². The van der Waals surface area contributed by atoms with Crippen LogP contribution in [0.1, 0.15) is 18.1 Å². The highest BCUT2D eigenvalue weighted by molar-refractivity contribution is 9.10. The predicted octanol–water partition coefficient (Wildman–Crippen LogP) is 6.36. The number of urea groups is 1. The normalized spacial score (nSPS) is 14.0. The lowest BCUT2D eigenvalue weighted by Gasteiger charge is -2.26. The van der Waals surface area contributed by atoms with Gasteiger partial charge in [-0.1, -0.05) is 23.7 Å². The number of imide groups is 2. The van der Waals surface area contributed by atoms with Crippen LogP contribution in [0, 0.1) is 0 Å². The van der Waals surface area contributed by atoms with Crippen LogP contribution in [0.3, 0.4) is 0 Å². The molecular weight excluding hydrogens is 628 g/mol. The molecule has 9 nitrogen and oxygen atoms in total. The molecular formula is C31H28BrClN2O7. The number of ether oxygens (including phenoxy) is 4. The Bertz CT molecular complexity index is 1540. The van der Waals surface area contributed by atoms with Gasteiger partial charge in [-0.3, -0.25) is 14.9 Å². The second-order valence-corrected chi connectivity index (χ2v) is 10.2. The molecule has 4 amide bonds. The summed E-state index contributed by atoms with van der Waals surface area (Å²) < 4.78 is 23.6. The molecule has 11 heteroatoms. The van der Waals surface area contributed by atoms with Crippen molar-refractivity contribution in [3.8, 4) is 23.0 Å². The monoisotopic (exact) mass is 654 g/mol. The number of methoxy groups -OCH3 is 1. The third-order valence-corrected chi connectivity index (χ3v) is 6.87. The van der Waals surface area contributed by atoms with Crippen molar-refractivity contribution in [3.05, 3.63) is 93.4 Å². The van der Waals surface area contributed by atoms with Crippen molar-refractivity contribution in [2.24, 2.45) is 0 Å². The fraction of sp³-hybridized carbons (Fsp3) is 0.194. The summed E-state index contributed by atoms with van der Waals surface area (Å²) in [5, 5.41) is 2.65. The number of barbiturate groups is 1. The molecule has 218 valence electrons. The summed E-state index contributed by atoms with van der Waals surface area (Å²) in [6, 6.07) is 14.3. The van der Waals surface area contributed by atoms with Gasteiger partial charge in [0.05, 0.1) is 23.9 Å². The number of hydrogen-bond donors (Lipinski definition) is 1. The lowest BCUT2D eigenvalue weighted by atomic mass is 10.1. The van der Waals surface area contributed by atoms with E-state index in [4.69, 9.17) is 30.5 Å². The molecule has 0 spiro atoms. The van der Waals surface area contributed by atoms with Crippen LogP contribution in [0.15, 0.2) is 77.3 Å². The van der Waals surface area contributed by atoms with E-state index >= 15 is 0 Å². The van der Waals surface area contributed by atoms with Crippen LogP contribution >= 0.6 is 27.5 Å². The maximum atomic E-state index is 13.2. The molecule has 0 aromatic heterocycles. The Kier molecular flexibility index (Phi) is 10.3. The van der Waals surface area contributed by atoms with E-state index in [9.17, 15) is 14.4 Å². The van der Waals surface area contributed by atoms with Crippen LogP contribution in [0.4, 0.5) is 10.5 Å². The molecule has 1 fully saturated rings. The van der Waals surface area contributed by atoms with Crippen LogP contribution in [0.25, 0.3) is 6.08 Å². The predicted molar refractivity (Wildman–Crippen MR) is 164 cm³/mol. The highest BCUT2D eigenvalue weighted by Crippen LogP contribution is 2.38. The Hall–Kier alpha value is -4.28. The summed E-state index contributed by atoms with van der Waals surface area (Å²) in [6.07, 6.45) is 3.92. The minimum Gasteiger partial charge on any atom is -0.493 e. The van der Waals surface area contributed by atoms with Crippen molar-refractivity contribution in [1.82, 2.24) is 5.32 Å². The Morgan fingerprint density at radius 3 is 2.38 bits per heavy atom. The lowest BCUT2D eigenvalue weighted by molar-refractivity contribution is -0.122. The SMILES string of the molecule is C=CCc1ccc(OCCOc2c(Br)cc(/C=C3\C(=O)NC(=O)N(c4ccc(Cl)cc4)C3=O)cc2OCC)c(OC)c1. The van der Waals surface area contributed by atoms with Crippen LogP contribution in [0.2, 0.25) is 5.02 Å². The smallest absolute Gasteiger partial charge is 0.335 e. The summed E-state index contributed by atoms with van der Waals surface area (Å²) in [6.45, 7) is 6.33. The number of benzene rings is 3. The van der Waals surface area contributed by atoms with Gasteiger partial charge in [0.1, 0.15) is 18.8 Å². The van der Waals surface area contributed by atoms with Gasteiger partial charge in [-0.25, -0.2) is 9.69 Å². The highest BCUT2D eigenvalue weighted by Gasteiger charge is 2.36. The molecule has 1 N–H and O–H groups in total. The van der Waals surface area contributed by atoms with E-state index in [-0.39, 0.29) is 24.5 Å². The summed E-state index contributed by atoms with van der Waals surface area (Å²) in [5.74, 6) is 0.426. The molecule has 1 aliphatic heterocycles. The maximum Gasteiger partial charge on any atom is 0.335 e. The van der Waals surface area contributed by atoms with Crippen LogP contribution in [-0.4, -0.2) is 44.8 Å². The zero-order chi connectivity index (χ0) is 30.2. The van der Waals surface area contributed by atoms with Crippen molar-refractivity contribution in [3.63, 3.8) is 0 Å². The number of anilines is 1. The van der Waals surface area contributed by atoms with E-state index < -0.39 is 17.8 Å². The Morgan fingerprint density at radius 1 is 0.952 bits per heavy atom. The lowest BCUT2D eigenvalue weighted by Crippen LogP contribution is -2.54. The average Bonchev–Trinajstić information content (AvgIpc) is 2.96. The van der Waals surface area contributed by atoms with E-state index in [1.807, 2.05) is 31.2 Å². The van der Waals surface area contributed by atoms with Crippen molar-refractivity contribution in [1.29, 1.82) is 0 Å². The summed E-state index contributed by atoms with van der Waals surface area (Å²) in [7, 11) is 1.58. The summed E-state index contributed by atoms with van der Waals surface area (Å²) in [5.41, 5.74) is 1.58. The van der Waals surface area contributed by atoms with Gasteiger partial charge in [0.2, 0.25) is 0 Å². The van der Waals surface area contributed by atoms with Crippen molar-refractivity contribution in [2.75, 3.05) is 31.8 Å². The first kappa shape index (κ1) is 30.7. The Morgan fingerprint density at radius 2 is 1.69 bits per heavy atom. The average molecular weight is 656 g/mol. The fourth-order valence-electron chi connectivity index (χ4n) is 4.14. The van der Waals surface area contributed by atoms with Gasteiger partial charge in [-0.2, -0.15) is 0 Å². The second-order valence-electron chi connectivity index (χ2n) is 8.87. The number of allylic oxidation sites excluding steroid dienone is 1. The second kappa shape index (κ2) is 14.1. The van der Waals surface area contributed by atoms with Gasteiger partial charge >= 0.3 is 6.03 Å². The van der Waals surface area contributed by atoms with E-state index in [0.29, 0.717) is 44.7 Å². The van der Waals surface area contributed by atoms with Crippen molar-refractivity contribution >= 4 is 57.1 Å². The number of rotatable bonds is 12. The molecule has 3 aromatic rings. The number of carbonyl (C=O) groups excluding carboxylic acids is 3. The number of hydrogen-bond acceptors (Lipinski definition) is 7. The first-order chi connectivity index (χ1) is 20.2. The molecule has 0 unspecified atom stereocenters. The van der Waals surface area contributed by atoms with E-state index in [1.54, 1.807) is 31.4 Å². The zero-order valence-electron chi connectivity index (χ0n) is 22.9. The van der Waals surface area contributed by atoms with Crippen molar-refractivity contribution in [2.45, 2.75) is 13.3 Å². The summed E-state index contributed by atoms with van der Waals surface area (Å²) >= 11 is 9.44. The van der Waals surface area contributed by atoms with Crippen LogP contribution in [0.5, 0.6) is 23.0 Å². The topological polar surface area (TPSA) is 103 Å². The molecule has 3 aromatic carbocycles. The minimum atomic E-state index is -0.850. The maximum absolute atomic E-state index is 13.2. The van der Waals surface area contributed by atoms with Crippen LogP contribution < -0.4 is 29.2 Å². The van der Waals surface area contributed by atoms with Gasteiger partial charge < -0.3 is 18.9 Å². The zero-order valence-corrected chi connectivity index (χ0v) is 25.3.